The fourth-order valence-electron chi connectivity index (χ4n) is 3.35. The van der Waals surface area contributed by atoms with Gasteiger partial charge in [0.15, 0.2) is 11.5 Å². The van der Waals surface area contributed by atoms with Crippen LogP contribution in [0.25, 0.3) is 0 Å². The molecule has 0 saturated carbocycles. The van der Waals surface area contributed by atoms with E-state index in [0.29, 0.717) is 25.5 Å². The zero-order valence-electron chi connectivity index (χ0n) is 13.3. The number of unbranched alkanes of at least 4 members (excludes halogenated alkanes) is 2. The van der Waals surface area contributed by atoms with Gasteiger partial charge in [0.1, 0.15) is 13.2 Å². The van der Waals surface area contributed by atoms with Gasteiger partial charge in [-0.15, -0.1) is 0 Å². The molecule has 1 amide bonds. The number of amides is 1. The van der Waals surface area contributed by atoms with Crippen LogP contribution < -0.4 is 9.47 Å². The zero-order chi connectivity index (χ0) is 15.4. The van der Waals surface area contributed by atoms with E-state index in [9.17, 15) is 4.79 Å². The van der Waals surface area contributed by atoms with Crippen molar-refractivity contribution in [3.63, 3.8) is 0 Å². The van der Waals surface area contributed by atoms with Gasteiger partial charge in [-0.2, -0.15) is 0 Å². The maximum absolute atomic E-state index is 12.5. The molecule has 4 nitrogen and oxygen atoms in total. The highest BCUT2D eigenvalue weighted by Gasteiger charge is 2.30. The van der Waals surface area contributed by atoms with Crippen LogP contribution in [0.3, 0.4) is 0 Å². The van der Waals surface area contributed by atoms with E-state index >= 15 is 0 Å². The molecule has 0 aromatic heterocycles. The van der Waals surface area contributed by atoms with E-state index in [-0.39, 0.29) is 6.04 Å². The molecule has 1 atom stereocenters. The molecule has 1 fully saturated rings. The smallest absolute Gasteiger partial charge is 0.223 e. The van der Waals surface area contributed by atoms with Crippen molar-refractivity contribution in [1.29, 1.82) is 0 Å². The van der Waals surface area contributed by atoms with Crippen molar-refractivity contribution in [2.24, 2.45) is 0 Å². The molecule has 1 unspecified atom stereocenters. The summed E-state index contributed by atoms with van der Waals surface area (Å²) in [6.07, 6.45) is 6.08. The first-order valence-corrected chi connectivity index (χ1v) is 8.48. The van der Waals surface area contributed by atoms with Crippen molar-refractivity contribution < 1.29 is 14.3 Å². The van der Waals surface area contributed by atoms with E-state index in [2.05, 4.69) is 24.0 Å². The third-order valence-corrected chi connectivity index (χ3v) is 4.52. The monoisotopic (exact) mass is 303 g/mol. The zero-order valence-corrected chi connectivity index (χ0v) is 13.3. The predicted molar refractivity (Wildman–Crippen MR) is 85.3 cm³/mol. The lowest BCUT2D eigenvalue weighted by Crippen LogP contribution is -2.30. The number of benzene rings is 1. The molecule has 0 radical (unpaired) electrons. The first kappa shape index (κ1) is 15.2. The largest absolute Gasteiger partial charge is 0.486 e. The van der Waals surface area contributed by atoms with Crippen molar-refractivity contribution in [1.82, 2.24) is 4.90 Å². The van der Waals surface area contributed by atoms with Gasteiger partial charge in [0.2, 0.25) is 5.91 Å². The Morgan fingerprint density at radius 3 is 2.86 bits per heavy atom. The lowest BCUT2D eigenvalue weighted by Gasteiger charge is -2.27. The molecule has 2 aliphatic rings. The highest BCUT2D eigenvalue weighted by molar-refractivity contribution is 5.77. The van der Waals surface area contributed by atoms with Crippen LogP contribution in [0.5, 0.6) is 11.5 Å². The molecule has 1 saturated heterocycles. The van der Waals surface area contributed by atoms with Crippen molar-refractivity contribution in [3.8, 4) is 11.5 Å². The van der Waals surface area contributed by atoms with Crippen molar-refractivity contribution >= 4 is 5.91 Å². The van der Waals surface area contributed by atoms with Crippen molar-refractivity contribution in [3.05, 3.63) is 23.8 Å². The number of hydrogen-bond donors (Lipinski definition) is 0. The number of ether oxygens (including phenoxy) is 2. The van der Waals surface area contributed by atoms with Crippen LogP contribution in [0.2, 0.25) is 0 Å². The summed E-state index contributed by atoms with van der Waals surface area (Å²) in [5.41, 5.74) is 1.17. The topological polar surface area (TPSA) is 38.8 Å². The first-order chi connectivity index (χ1) is 10.8. The summed E-state index contributed by atoms with van der Waals surface area (Å²) in [6.45, 7) is 4.25. The van der Waals surface area contributed by atoms with Crippen LogP contribution in [0.1, 0.15) is 57.1 Å². The summed E-state index contributed by atoms with van der Waals surface area (Å²) >= 11 is 0. The number of nitrogens with zero attached hydrogens (tertiary/aromatic N) is 1. The summed E-state index contributed by atoms with van der Waals surface area (Å²) in [4.78, 5) is 14.5. The van der Waals surface area contributed by atoms with Gasteiger partial charge in [-0.25, -0.2) is 0 Å². The van der Waals surface area contributed by atoms with Crippen LogP contribution in [-0.4, -0.2) is 30.6 Å². The van der Waals surface area contributed by atoms with Gasteiger partial charge in [-0.05, 0) is 37.0 Å². The second-order valence-corrected chi connectivity index (χ2v) is 6.11. The Morgan fingerprint density at radius 1 is 1.23 bits per heavy atom. The predicted octanol–water partition coefficient (Wildman–Crippen LogP) is 3.70. The molecule has 3 rings (SSSR count). The number of rotatable bonds is 5. The van der Waals surface area contributed by atoms with Gasteiger partial charge in [0.25, 0.3) is 0 Å². The maximum Gasteiger partial charge on any atom is 0.223 e. The second-order valence-electron chi connectivity index (χ2n) is 6.11. The molecule has 2 heterocycles. The van der Waals surface area contributed by atoms with Crippen molar-refractivity contribution in [2.75, 3.05) is 19.8 Å². The van der Waals surface area contributed by atoms with Gasteiger partial charge in [0.05, 0.1) is 6.04 Å². The third kappa shape index (κ3) is 3.21. The molecule has 0 spiro atoms. The fourth-order valence-corrected chi connectivity index (χ4v) is 3.35. The van der Waals surface area contributed by atoms with E-state index in [1.54, 1.807) is 0 Å². The summed E-state index contributed by atoms with van der Waals surface area (Å²) < 4.78 is 11.2. The second kappa shape index (κ2) is 7.03. The number of likely N-dealkylation sites (tertiary alicyclic amines) is 1. The Kier molecular flexibility index (Phi) is 4.86. The molecule has 0 N–H and O–H groups in total. The average molecular weight is 303 g/mol. The van der Waals surface area contributed by atoms with E-state index < -0.39 is 0 Å². The van der Waals surface area contributed by atoms with Gasteiger partial charge >= 0.3 is 0 Å². The molecule has 22 heavy (non-hydrogen) atoms. The van der Waals surface area contributed by atoms with Crippen LogP contribution in [0, 0.1) is 0 Å². The van der Waals surface area contributed by atoms with Gasteiger partial charge in [0, 0.05) is 13.0 Å². The van der Waals surface area contributed by atoms with E-state index in [0.717, 1.165) is 50.1 Å². The Labute approximate surface area is 132 Å². The maximum atomic E-state index is 12.5. The minimum absolute atomic E-state index is 0.199. The van der Waals surface area contributed by atoms with E-state index in [1.807, 2.05) is 6.07 Å². The normalized spacial score (nSPS) is 20.2. The number of carbonyl (C=O) groups is 1. The van der Waals surface area contributed by atoms with Crippen LogP contribution in [-0.2, 0) is 4.79 Å². The number of carbonyl (C=O) groups excluding carboxylic acids is 1. The number of hydrogen-bond acceptors (Lipinski definition) is 3. The Balaban J connectivity index is 1.71. The highest BCUT2D eigenvalue weighted by atomic mass is 16.6. The molecule has 0 aliphatic carbocycles. The van der Waals surface area contributed by atoms with Gasteiger partial charge < -0.3 is 14.4 Å². The molecular weight excluding hydrogens is 278 g/mol. The molecule has 120 valence electrons. The lowest BCUT2D eigenvalue weighted by atomic mass is 10.0. The van der Waals surface area contributed by atoms with Crippen molar-refractivity contribution in [2.45, 2.75) is 51.5 Å². The molecule has 4 heteroatoms. The lowest BCUT2D eigenvalue weighted by molar-refractivity contribution is -0.132. The van der Waals surface area contributed by atoms with Gasteiger partial charge in [-0.1, -0.05) is 25.8 Å². The molecule has 1 aromatic carbocycles. The summed E-state index contributed by atoms with van der Waals surface area (Å²) in [5, 5.41) is 0. The molecule has 1 aromatic rings. The highest BCUT2D eigenvalue weighted by Crippen LogP contribution is 2.38. The van der Waals surface area contributed by atoms with E-state index in [1.165, 1.54) is 5.56 Å². The minimum atomic E-state index is 0.199. The SMILES string of the molecule is CCCCCC(=O)N1CCCC1c1ccc2c(c1)OCCO2. The Hall–Kier alpha value is -1.71. The summed E-state index contributed by atoms with van der Waals surface area (Å²) in [5.74, 6) is 1.92. The first-order valence-electron chi connectivity index (χ1n) is 8.48. The quantitative estimate of drug-likeness (QED) is 0.779. The molecule has 2 aliphatic heterocycles. The molecular formula is C18H25NO3. The Bertz CT molecular complexity index is 529. The summed E-state index contributed by atoms with van der Waals surface area (Å²) in [6, 6.07) is 6.30. The van der Waals surface area contributed by atoms with Crippen LogP contribution in [0.4, 0.5) is 0 Å². The number of fused-ring (bicyclic) bond motifs is 1. The summed E-state index contributed by atoms with van der Waals surface area (Å²) in [7, 11) is 0. The fraction of sp³-hybridized carbons (Fsp3) is 0.611. The van der Waals surface area contributed by atoms with Gasteiger partial charge in [-0.3, -0.25) is 4.79 Å². The average Bonchev–Trinajstić information content (AvgIpc) is 3.04. The standard InChI is InChI=1S/C18H25NO3/c1-2-3-4-7-18(20)19-10-5-6-15(19)14-8-9-16-17(13-14)22-12-11-21-16/h8-9,13,15H,2-7,10-12H2,1H3. The van der Waals surface area contributed by atoms with Crippen LogP contribution in [0.15, 0.2) is 18.2 Å². The third-order valence-electron chi connectivity index (χ3n) is 4.52. The minimum Gasteiger partial charge on any atom is -0.486 e. The van der Waals surface area contributed by atoms with Crippen LogP contribution >= 0.6 is 0 Å². The molecule has 0 bridgehead atoms. The van der Waals surface area contributed by atoms with E-state index in [4.69, 9.17) is 9.47 Å². The Morgan fingerprint density at radius 2 is 2.05 bits per heavy atom.